The van der Waals surface area contributed by atoms with Crippen molar-refractivity contribution in [2.45, 2.75) is 33.6 Å². The Morgan fingerprint density at radius 1 is 0.902 bits per heavy atom. The van der Waals surface area contributed by atoms with Crippen LogP contribution in [0.15, 0.2) is 59.7 Å². The zero-order valence-corrected chi connectivity index (χ0v) is 25.5. The van der Waals surface area contributed by atoms with Crippen molar-refractivity contribution in [3.8, 4) is 17.2 Å². The summed E-state index contributed by atoms with van der Waals surface area (Å²) in [7, 11) is 1.48. The second kappa shape index (κ2) is 15.6. The molecule has 0 spiro atoms. The van der Waals surface area contributed by atoms with E-state index in [4.69, 9.17) is 14.2 Å². The van der Waals surface area contributed by atoms with Gasteiger partial charge in [0.05, 0.1) is 23.5 Å². The van der Waals surface area contributed by atoms with Crippen molar-refractivity contribution in [1.29, 1.82) is 0 Å². The highest BCUT2D eigenvalue weighted by Crippen LogP contribution is 2.33. The van der Waals surface area contributed by atoms with Crippen LogP contribution in [0.2, 0.25) is 0 Å². The fourth-order valence-corrected chi connectivity index (χ4v) is 4.26. The van der Waals surface area contributed by atoms with Crippen LogP contribution in [0, 0.1) is 17.4 Å². The summed E-state index contributed by atoms with van der Waals surface area (Å²) in [6.45, 7) is 6.47. The van der Waals surface area contributed by atoms with Crippen molar-refractivity contribution in [3.05, 3.63) is 74.9 Å². The Morgan fingerprint density at radius 2 is 1.63 bits per heavy atom. The van der Waals surface area contributed by atoms with Gasteiger partial charge in [0, 0.05) is 11.4 Å². The fourth-order valence-electron chi connectivity index (χ4n) is 3.48. The third-order valence-corrected chi connectivity index (χ3v) is 6.66. The highest BCUT2D eigenvalue weighted by atomic mass is 127. The summed E-state index contributed by atoms with van der Waals surface area (Å²) in [6.07, 6.45) is 3.36. The van der Waals surface area contributed by atoms with Gasteiger partial charge in [0.1, 0.15) is 5.75 Å². The molecule has 0 aromatic heterocycles. The molecule has 0 saturated carbocycles. The predicted octanol–water partition coefficient (Wildman–Crippen LogP) is 5.20. The lowest BCUT2D eigenvalue weighted by Crippen LogP contribution is -2.32. The van der Waals surface area contributed by atoms with Crippen LogP contribution in [0.3, 0.4) is 0 Å². The Morgan fingerprint density at radius 3 is 2.32 bits per heavy atom. The second-order valence-electron chi connectivity index (χ2n) is 9.05. The van der Waals surface area contributed by atoms with Gasteiger partial charge in [-0.2, -0.15) is 5.10 Å². The van der Waals surface area contributed by atoms with Gasteiger partial charge in [-0.05, 0) is 108 Å². The number of amides is 3. The maximum atomic E-state index is 12.4. The molecule has 0 aliphatic rings. The van der Waals surface area contributed by atoms with E-state index in [-0.39, 0.29) is 12.5 Å². The van der Waals surface area contributed by atoms with Crippen molar-refractivity contribution >= 4 is 57.9 Å². The zero-order chi connectivity index (χ0) is 29.8. The molecule has 10 nitrogen and oxygen atoms in total. The number of nitrogens with zero attached hydrogens (tertiary/aromatic N) is 1. The number of anilines is 2. The third kappa shape index (κ3) is 9.78. The molecule has 0 fully saturated rings. The van der Waals surface area contributed by atoms with Crippen LogP contribution >= 0.6 is 22.6 Å². The maximum Gasteiger partial charge on any atom is 0.329 e. The van der Waals surface area contributed by atoms with Gasteiger partial charge in [0.15, 0.2) is 18.1 Å². The lowest BCUT2D eigenvalue weighted by Gasteiger charge is -2.14. The van der Waals surface area contributed by atoms with Crippen molar-refractivity contribution < 1.29 is 28.6 Å². The third-order valence-electron chi connectivity index (χ3n) is 5.85. The van der Waals surface area contributed by atoms with Gasteiger partial charge in [-0.25, -0.2) is 5.43 Å². The molecule has 0 radical (unpaired) electrons. The molecule has 0 aliphatic carbocycles. The number of ether oxygens (including phenoxy) is 3. The molecule has 3 aromatic carbocycles. The molecule has 0 atom stereocenters. The van der Waals surface area contributed by atoms with Crippen LogP contribution in [-0.2, 0) is 14.4 Å². The first-order chi connectivity index (χ1) is 19.7. The van der Waals surface area contributed by atoms with Gasteiger partial charge in [-0.3, -0.25) is 14.4 Å². The molecule has 216 valence electrons. The fraction of sp³-hybridized carbons (Fsp3) is 0.267. The Kier molecular flexibility index (Phi) is 11.9. The predicted molar refractivity (Wildman–Crippen MR) is 167 cm³/mol. The molecular formula is C30H33IN4O6. The van der Waals surface area contributed by atoms with E-state index in [1.165, 1.54) is 13.3 Å². The molecule has 0 unspecified atom stereocenters. The van der Waals surface area contributed by atoms with Gasteiger partial charge >= 0.3 is 11.8 Å². The van der Waals surface area contributed by atoms with Crippen molar-refractivity contribution in [2.75, 3.05) is 31.0 Å². The second-order valence-corrected chi connectivity index (χ2v) is 10.2. The largest absolute Gasteiger partial charge is 0.494 e. The molecule has 11 heteroatoms. The van der Waals surface area contributed by atoms with E-state index in [9.17, 15) is 14.4 Å². The molecule has 0 aliphatic heterocycles. The Labute approximate surface area is 253 Å². The SMILES string of the molecule is CCCCOc1ccc(NC(=O)C(=O)N/N=C\c2cc(I)c(OCC(=O)Nc3ccc(C)c(C)c3)c(OC)c2)cc1. The number of unbranched alkanes of at least 4 members (excludes halogenated alkanes) is 1. The topological polar surface area (TPSA) is 127 Å². The minimum absolute atomic E-state index is 0.216. The van der Waals surface area contributed by atoms with E-state index >= 15 is 0 Å². The average Bonchev–Trinajstić information content (AvgIpc) is 2.95. The number of methoxy groups -OCH3 is 1. The number of hydrogen-bond donors (Lipinski definition) is 3. The highest BCUT2D eigenvalue weighted by Gasteiger charge is 2.15. The van der Waals surface area contributed by atoms with E-state index in [1.807, 2.05) is 32.0 Å². The summed E-state index contributed by atoms with van der Waals surface area (Å²) < 4.78 is 17.4. The van der Waals surface area contributed by atoms with Crippen molar-refractivity contribution in [3.63, 3.8) is 0 Å². The minimum atomic E-state index is -0.930. The van der Waals surface area contributed by atoms with Gasteiger partial charge < -0.3 is 24.8 Å². The van der Waals surface area contributed by atoms with Crippen LogP contribution in [0.1, 0.15) is 36.5 Å². The highest BCUT2D eigenvalue weighted by molar-refractivity contribution is 14.1. The summed E-state index contributed by atoms with van der Waals surface area (Å²) >= 11 is 2.05. The standard InChI is InChI=1S/C30H33IN4O6/c1-5-6-13-40-24-11-9-22(10-12-24)34-29(37)30(38)35-32-17-21-15-25(31)28(26(16-21)39-4)41-18-27(36)33-23-8-7-19(2)20(3)14-23/h7-12,14-17H,5-6,13,18H2,1-4H3,(H,33,36)(H,34,37)(H,35,38)/b32-17-. The first-order valence-corrected chi connectivity index (χ1v) is 14.0. The number of rotatable bonds is 12. The average molecular weight is 673 g/mol. The molecule has 3 N–H and O–H groups in total. The Bertz CT molecular complexity index is 1410. The molecule has 3 rings (SSSR count). The number of halogens is 1. The van der Waals surface area contributed by atoms with Crippen LogP contribution in [0.4, 0.5) is 11.4 Å². The molecule has 3 aromatic rings. The van der Waals surface area contributed by atoms with Gasteiger partial charge in [0.2, 0.25) is 0 Å². The van der Waals surface area contributed by atoms with Gasteiger partial charge in [-0.1, -0.05) is 19.4 Å². The normalized spacial score (nSPS) is 10.7. The Hall–Kier alpha value is -4.13. The summed E-state index contributed by atoms with van der Waals surface area (Å²) in [5.41, 5.74) is 6.15. The minimum Gasteiger partial charge on any atom is -0.494 e. The summed E-state index contributed by atoms with van der Waals surface area (Å²) in [6, 6.07) is 15.8. The number of hydrogen-bond acceptors (Lipinski definition) is 7. The van der Waals surface area contributed by atoms with Gasteiger partial charge in [0.25, 0.3) is 5.91 Å². The van der Waals surface area contributed by atoms with Crippen LogP contribution < -0.4 is 30.3 Å². The molecule has 3 amide bonds. The van der Waals surface area contributed by atoms with Crippen molar-refractivity contribution in [1.82, 2.24) is 5.43 Å². The van der Waals surface area contributed by atoms with E-state index in [0.717, 1.165) is 24.0 Å². The summed E-state index contributed by atoms with van der Waals surface area (Å²) in [4.78, 5) is 36.8. The Balaban J connectivity index is 1.53. The lowest BCUT2D eigenvalue weighted by atomic mass is 10.1. The van der Waals surface area contributed by atoms with E-state index in [1.54, 1.807) is 36.4 Å². The number of benzene rings is 3. The molecule has 0 bridgehead atoms. The number of hydrazone groups is 1. The molecule has 0 heterocycles. The van der Waals surface area contributed by atoms with E-state index in [2.05, 4.69) is 50.7 Å². The number of nitrogens with one attached hydrogen (secondary N) is 3. The van der Waals surface area contributed by atoms with Crippen LogP contribution in [0.5, 0.6) is 17.2 Å². The smallest absolute Gasteiger partial charge is 0.329 e. The number of carbonyl (C=O) groups excluding carboxylic acids is 3. The van der Waals surface area contributed by atoms with Crippen molar-refractivity contribution in [2.24, 2.45) is 5.10 Å². The monoisotopic (exact) mass is 672 g/mol. The number of carbonyl (C=O) groups is 3. The first-order valence-electron chi connectivity index (χ1n) is 12.9. The zero-order valence-electron chi connectivity index (χ0n) is 23.4. The first kappa shape index (κ1) is 31.4. The summed E-state index contributed by atoms with van der Waals surface area (Å²) in [5.74, 6) is -0.645. The molecule has 41 heavy (non-hydrogen) atoms. The molecular weight excluding hydrogens is 639 g/mol. The number of aryl methyl sites for hydroxylation is 2. The van der Waals surface area contributed by atoms with E-state index in [0.29, 0.717) is 44.4 Å². The van der Waals surface area contributed by atoms with Crippen LogP contribution in [0.25, 0.3) is 0 Å². The molecule has 0 saturated heterocycles. The van der Waals surface area contributed by atoms with Gasteiger partial charge in [-0.15, -0.1) is 0 Å². The quantitative estimate of drug-likeness (QED) is 0.0799. The van der Waals surface area contributed by atoms with E-state index < -0.39 is 11.8 Å². The lowest BCUT2D eigenvalue weighted by molar-refractivity contribution is -0.136. The summed E-state index contributed by atoms with van der Waals surface area (Å²) in [5, 5.41) is 9.20. The maximum absolute atomic E-state index is 12.4. The van der Waals surface area contributed by atoms with Crippen LogP contribution in [-0.4, -0.2) is 44.3 Å².